The standard InChI is InChI=1S/C18H22ClN3O/c19-14-5-6-15-16(9-14)20-17(21-18(15)23)11-22-8-7-12-3-1-2-4-13(12)10-22/h5-6,9,12-13H,1-4,7-8,10-11H2,(H,20,21,23)/t12-,13+/m1/s1. The first-order valence-corrected chi connectivity index (χ1v) is 8.97. The van der Waals surface area contributed by atoms with E-state index in [9.17, 15) is 4.79 Å². The second-order valence-electron chi connectivity index (χ2n) is 7.00. The lowest BCUT2D eigenvalue weighted by Crippen LogP contribution is -2.41. The van der Waals surface area contributed by atoms with Crippen LogP contribution in [0.5, 0.6) is 0 Å². The first-order valence-electron chi connectivity index (χ1n) is 8.60. The molecule has 4 rings (SSSR count). The summed E-state index contributed by atoms with van der Waals surface area (Å²) < 4.78 is 0. The van der Waals surface area contributed by atoms with Gasteiger partial charge in [-0.2, -0.15) is 0 Å². The molecule has 2 aromatic rings. The number of likely N-dealkylation sites (tertiary alicyclic amines) is 1. The predicted octanol–water partition coefficient (Wildman–Crippen LogP) is 3.59. The molecule has 0 bridgehead atoms. The van der Waals surface area contributed by atoms with Crippen molar-refractivity contribution in [2.24, 2.45) is 11.8 Å². The van der Waals surface area contributed by atoms with Gasteiger partial charge in [-0.05, 0) is 49.4 Å². The highest BCUT2D eigenvalue weighted by molar-refractivity contribution is 6.31. The van der Waals surface area contributed by atoms with E-state index in [-0.39, 0.29) is 5.56 Å². The van der Waals surface area contributed by atoms with Crippen LogP contribution in [-0.2, 0) is 6.54 Å². The van der Waals surface area contributed by atoms with E-state index in [1.807, 2.05) is 0 Å². The molecule has 0 spiro atoms. The number of hydrogen-bond acceptors (Lipinski definition) is 3. The van der Waals surface area contributed by atoms with E-state index in [4.69, 9.17) is 11.6 Å². The third-order valence-electron chi connectivity index (χ3n) is 5.47. The van der Waals surface area contributed by atoms with Gasteiger partial charge in [0.2, 0.25) is 0 Å². The number of nitrogens with zero attached hydrogens (tertiary/aromatic N) is 2. The van der Waals surface area contributed by atoms with Gasteiger partial charge in [-0.25, -0.2) is 4.98 Å². The lowest BCUT2D eigenvalue weighted by Gasteiger charge is -2.41. The van der Waals surface area contributed by atoms with Crippen LogP contribution in [0.4, 0.5) is 0 Å². The molecule has 1 saturated heterocycles. The average molecular weight is 332 g/mol. The Kier molecular flexibility index (Phi) is 4.12. The number of H-pyrrole nitrogens is 1. The highest BCUT2D eigenvalue weighted by atomic mass is 35.5. The minimum atomic E-state index is -0.0748. The summed E-state index contributed by atoms with van der Waals surface area (Å²) in [6, 6.07) is 5.23. The lowest BCUT2D eigenvalue weighted by atomic mass is 9.75. The van der Waals surface area contributed by atoms with Gasteiger partial charge in [0, 0.05) is 11.6 Å². The van der Waals surface area contributed by atoms with Crippen molar-refractivity contribution in [1.82, 2.24) is 14.9 Å². The zero-order valence-corrected chi connectivity index (χ0v) is 14.0. The lowest BCUT2D eigenvalue weighted by molar-refractivity contribution is 0.0803. The first kappa shape index (κ1) is 15.2. The quantitative estimate of drug-likeness (QED) is 0.915. The highest BCUT2D eigenvalue weighted by Crippen LogP contribution is 2.36. The summed E-state index contributed by atoms with van der Waals surface area (Å²) in [6.07, 6.45) is 6.83. The molecule has 122 valence electrons. The number of benzene rings is 1. The molecule has 5 heteroatoms. The minimum absolute atomic E-state index is 0.0748. The van der Waals surface area contributed by atoms with Gasteiger partial charge in [0.25, 0.3) is 5.56 Å². The number of halogens is 1. The molecule has 0 unspecified atom stereocenters. The van der Waals surface area contributed by atoms with E-state index in [1.54, 1.807) is 18.2 Å². The molecular weight excluding hydrogens is 310 g/mol. The fraction of sp³-hybridized carbons (Fsp3) is 0.556. The Morgan fingerprint density at radius 3 is 2.91 bits per heavy atom. The van der Waals surface area contributed by atoms with Crippen LogP contribution in [0.2, 0.25) is 5.02 Å². The van der Waals surface area contributed by atoms with Crippen LogP contribution in [0.25, 0.3) is 10.9 Å². The Hall–Kier alpha value is -1.39. The van der Waals surface area contributed by atoms with E-state index in [1.165, 1.54) is 32.1 Å². The number of aromatic nitrogens is 2. The Morgan fingerprint density at radius 1 is 1.22 bits per heavy atom. The Balaban J connectivity index is 1.54. The molecule has 1 aromatic carbocycles. The molecule has 0 radical (unpaired) electrons. The molecule has 1 N–H and O–H groups in total. The molecule has 1 aliphatic heterocycles. The molecule has 2 heterocycles. The van der Waals surface area contributed by atoms with Crippen LogP contribution in [-0.4, -0.2) is 28.0 Å². The molecule has 1 aromatic heterocycles. The SMILES string of the molecule is O=c1[nH]c(CN2CC[C@H]3CCCC[C@H]3C2)nc2cc(Cl)ccc12. The number of aromatic amines is 1. The molecule has 1 aliphatic carbocycles. The van der Waals surface area contributed by atoms with Gasteiger partial charge in [0.15, 0.2) is 0 Å². The van der Waals surface area contributed by atoms with Crippen LogP contribution in [0, 0.1) is 11.8 Å². The molecule has 4 nitrogen and oxygen atoms in total. The Labute approximate surface area is 140 Å². The number of hydrogen-bond donors (Lipinski definition) is 1. The fourth-order valence-electron chi connectivity index (χ4n) is 4.27. The zero-order chi connectivity index (χ0) is 15.8. The summed E-state index contributed by atoms with van der Waals surface area (Å²) in [6.45, 7) is 2.97. The summed E-state index contributed by atoms with van der Waals surface area (Å²) in [7, 11) is 0. The molecule has 2 fully saturated rings. The second-order valence-corrected chi connectivity index (χ2v) is 7.44. The van der Waals surface area contributed by atoms with Crippen molar-refractivity contribution in [2.75, 3.05) is 13.1 Å². The molecule has 2 aliphatic rings. The predicted molar refractivity (Wildman–Crippen MR) is 92.7 cm³/mol. The summed E-state index contributed by atoms with van der Waals surface area (Å²) in [5.41, 5.74) is 0.609. The highest BCUT2D eigenvalue weighted by Gasteiger charge is 2.31. The van der Waals surface area contributed by atoms with Gasteiger partial charge in [0.05, 0.1) is 17.4 Å². The van der Waals surface area contributed by atoms with Crippen molar-refractivity contribution in [2.45, 2.75) is 38.6 Å². The van der Waals surface area contributed by atoms with E-state index in [0.717, 1.165) is 37.3 Å². The zero-order valence-electron chi connectivity index (χ0n) is 13.2. The van der Waals surface area contributed by atoms with Crippen LogP contribution in [0.15, 0.2) is 23.0 Å². The number of nitrogens with one attached hydrogen (secondary N) is 1. The topological polar surface area (TPSA) is 49.0 Å². The van der Waals surface area contributed by atoms with Crippen molar-refractivity contribution in [3.05, 3.63) is 39.4 Å². The summed E-state index contributed by atoms with van der Waals surface area (Å²) in [5.74, 6) is 2.50. The van der Waals surface area contributed by atoms with E-state index in [0.29, 0.717) is 15.9 Å². The van der Waals surface area contributed by atoms with Crippen molar-refractivity contribution >= 4 is 22.5 Å². The van der Waals surface area contributed by atoms with Gasteiger partial charge < -0.3 is 4.98 Å². The first-order chi connectivity index (χ1) is 11.2. The second kappa shape index (κ2) is 6.25. The number of piperidine rings is 1. The molecule has 23 heavy (non-hydrogen) atoms. The van der Waals surface area contributed by atoms with E-state index in [2.05, 4.69) is 14.9 Å². The van der Waals surface area contributed by atoms with Crippen LogP contribution in [0.1, 0.15) is 37.9 Å². The van der Waals surface area contributed by atoms with Gasteiger partial charge in [-0.3, -0.25) is 9.69 Å². The number of rotatable bonds is 2. The molecular formula is C18H22ClN3O. The van der Waals surface area contributed by atoms with Gasteiger partial charge >= 0.3 is 0 Å². The Bertz CT molecular complexity index is 772. The summed E-state index contributed by atoms with van der Waals surface area (Å²) in [5, 5.41) is 1.22. The maximum atomic E-state index is 12.2. The third-order valence-corrected chi connectivity index (χ3v) is 5.70. The largest absolute Gasteiger partial charge is 0.309 e. The third kappa shape index (κ3) is 3.15. The van der Waals surface area contributed by atoms with Crippen molar-refractivity contribution in [3.63, 3.8) is 0 Å². The minimum Gasteiger partial charge on any atom is -0.309 e. The fourth-order valence-corrected chi connectivity index (χ4v) is 4.43. The van der Waals surface area contributed by atoms with Gasteiger partial charge in [-0.15, -0.1) is 0 Å². The maximum Gasteiger partial charge on any atom is 0.258 e. The number of fused-ring (bicyclic) bond motifs is 2. The monoisotopic (exact) mass is 331 g/mol. The molecule has 1 saturated carbocycles. The average Bonchev–Trinajstić information content (AvgIpc) is 2.54. The van der Waals surface area contributed by atoms with Crippen LogP contribution in [0.3, 0.4) is 0 Å². The van der Waals surface area contributed by atoms with Gasteiger partial charge in [-0.1, -0.05) is 30.9 Å². The normalized spacial score (nSPS) is 25.4. The van der Waals surface area contributed by atoms with Crippen LogP contribution >= 0.6 is 11.6 Å². The van der Waals surface area contributed by atoms with Crippen molar-refractivity contribution in [1.29, 1.82) is 0 Å². The summed E-state index contributed by atoms with van der Waals surface area (Å²) >= 11 is 6.03. The van der Waals surface area contributed by atoms with Gasteiger partial charge in [0.1, 0.15) is 5.82 Å². The van der Waals surface area contributed by atoms with Crippen LogP contribution < -0.4 is 5.56 Å². The molecule has 0 amide bonds. The maximum absolute atomic E-state index is 12.2. The van der Waals surface area contributed by atoms with Crippen molar-refractivity contribution < 1.29 is 0 Å². The Morgan fingerprint density at radius 2 is 2.04 bits per heavy atom. The smallest absolute Gasteiger partial charge is 0.258 e. The van der Waals surface area contributed by atoms with E-state index >= 15 is 0 Å². The molecule has 2 atom stereocenters. The van der Waals surface area contributed by atoms with E-state index < -0.39 is 0 Å². The van der Waals surface area contributed by atoms with Crippen molar-refractivity contribution in [3.8, 4) is 0 Å². The summed E-state index contributed by atoms with van der Waals surface area (Å²) in [4.78, 5) is 22.2.